The molecule has 27 heavy (non-hydrogen) atoms. The third-order valence-electron chi connectivity index (χ3n) is 4.91. The molecule has 2 aromatic heterocycles. The van der Waals surface area contributed by atoms with Crippen LogP contribution in [-0.4, -0.2) is 28.2 Å². The van der Waals surface area contributed by atoms with Crippen LogP contribution in [0, 0.1) is 6.92 Å². The number of carbonyl (C=O) groups excluding carboxylic acids is 1. The molecule has 1 fully saturated rings. The van der Waals surface area contributed by atoms with Crippen LogP contribution in [0.25, 0.3) is 22.0 Å². The minimum atomic E-state index is -0.429. The first-order chi connectivity index (χ1) is 13.0. The largest absolute Gasteiger partial charge is 0.376 e. The van der Waals surface area contributed by atoms with Gasteiger partial charge in [-0.15, -0.1) is 11.3 Å². The number of ether oxygens (including phenoxy) is 1. The van der Waals surface area contributed by atoms with Crippen LogP contribution < -0.4 is 5.73 Å². The summed E-state index contributed by atoms with van der Waals surface area (Å²) in [5, 5.41) is 3.51. The molecule has 1 saturated heterocycles. The van der Waals surface area contributed by atoms with Crippen LogP contribution >= 0.6 is 22.9 Å². The van der Waals surface area contributed by atoms with E-state index in [1.807, 2.05) is 42.6 Å². The van der Waals surface area contributed by atoms with Gasteiger partial charge in [-0.25, -0.2) is 4.98 Å². The van der Waals surface area contributed by atoms with Gasteiger partial charge in [-0.2, -0.15) is 0 Å². The summed E-state index contributed by atoms with van der Waals surface area (Å²) in [6.45, 7) is 3.39. The van der Waals surface area contributed by atoms with Crippen molar-refractivity contribution in [2.45, 2.75) is 32.4 Å². The van der Waals surface area contributed by atoms with Gasteiger partial charge in [0.05, 0.1) is 28.1 Å². The normalized spacial score (nSPS) is 16.7. The zero-order chi connectivity index (χ0) is 19.0. The number of hydrogen-bond acceptors (Lipinski definition) is 4. The SMILES string of the molecule is Cc1c(C(N)=O)cc(-c2csc(-c3ccccc3Cl)n2)n1CC1CCCO1. The monoisotopic (exact) mass is 401 g/mol. The van der Waals surface area contributed by atoms with Crippen molar-refractivity contribution in [1.82, 2.24) is 9.55 Å². The van der Waals surface area contributed by atoms with Gasteiger partial charge in [0.1, 0.15) is 5.01 Å². The van der Waals surface area contributed by atoms with Gasteiger partial charge in [-0.05, 0) is 31.9 Å². The number of rotatable bonds is 5. The molecule has 1 unspecified atom stereocenters. The number of hydrogen-bond donors (Lipinski definition) is 1. The van der Waals surface area contributed by atoms with E-state index in [9.17, 15) is 4.79 Å². The minimum absolute atomic E-state index is 0.150. The highest BCUT2D eigenvalue weighted by molar-refractivity contribution is 7.13. The zero-order valence-corrected chi connectivity index (χ0v) is 16.5. The van der Waals surface area contributed by atoms with Gasteiger partial charge < -0.3 is 15.0 Å². The molecule has 3 heterocycles. The van der Waals surface area contributed by atoms with E-state index in [0.29, 0.717) is 17.1 Å². The van der Waals surface area contributed by atoms with Gasteiger partial charge in [0.25, 0.3) is 5.91 Å². The zero-order valence-electron chi connectivity index (χ0n) is 14.9. The molecule has 140 valence electrons. The van der Waals surface area contributed by atoms with E-state index in [2.05, 4.69) is 4.57 Å². The molecule has 0 bridgehead atoms. The summed E-state index contributed by atoms with van der Waals surface area (Å²) in [6.07, 6.45) is 2.23. The van der Waals surface area contributed by atoms with Gasteiger partial charge >= 0.3 is 0 Å². The number of benzene rings is 1. The maximum atomic E-state index is 11.9. The quantitative estimate of drug-likeness (QED) is 0.683. The second kappa shape index (κ2) is 7.46. The lowest BCUT2D eigenvalue weighted by Crippen LogP contribution is -2.18. The van der Waals surface area contributed by atoms with Crippen LogP contribution in [-0.2, 0) is 11.3 Å². The number of amides is 1. The minimum Gasteiger partial charge on any atom is -0.376 e. The first-order valence-electron chi connectivity index (χ1n) is 8.87. The lowest BCUT2D eigenvalue weighted by Gasteiger charge is -2.15. The summed E-state index contributed by atoms with van der Waals surface area (Å²) < 4.78 is 7.89. The molecule has 0 spiro atoms. The van der Waals surface area contributed by atoms with Crippen molar-refractivity contribution in [1.29, 1.82) is 0 Å². The van der Waals surface area contributed by atoms with E-state index in [-0.39, 0.29) is 6.10 Å². The number of carbonyl (C=O) groups is 1. The van der Waals surface area contributed by atoms with Crippen molar-refractivity contribution in [2.24, 2.45) is 5.73 Å². The summed E-state index contributed by atoms with van der Waals surface area (Å²) in [5.41, 5.74) is 9.54. The molecule has 5 nitrogen and oxygen atoms in total. The maximum absolute atomic E-state index is 11.9. The Morgan fingerprint density at radius 2 is 2.26 bits per heavy atom. The molecule has 7 heteroatoms. The van der Waals surface area contributed by atoms with Gasteiger partial charge in [-0.1, -0.05) is 29.8 Å². The Morgan fingerprint density at radius 1 is 1.44 bits per heavy atom. The van der Waals surface area contributed by atoms with Crippen LogP contribution in [0.4, 0.5) is 0 Å². The van der Waals surface area contributed by atoms with Crippen molar-refractivity contribution >= 4 is 28.8 Å². The average molecular weight is 402 g/mol. The van der Waals surface area contributed by atoms with Crippen molar-refractivity contribution in [3.63, 3.8) is 0 Å². The fourth-order valence-electron chi connectivity index (χ4n) is 3.48. The summed E-state index contributed by atoms with van der Waals surface area (Å²) in [7, 11) is 0. The fourth-order valence-corrected chi connectivity index (χ4v) is 4.62. The van der Waals surface area contributed by atoms with E-state index in [4.69, 9.17) is 27.1 Å². The van der Waals surface area contributed by atoms with E-state index < -0.39 is 5.91 Å². The van der Waals surface area contributed by atoms with Crippen molar-refractivity contribution in [3.8, 4) is 22.0 Å². The van der Waals surface area contributed by atoms with Crippen molar-refractivity contribution in [3.05, 3.63) is 52.0 Å². The number of nitrogens with zero attached hydrogens (tertiary/aromatic N) is 2. The third kappa shape index (κ3) is 3.52. The molecule has 1 aliphatic heterocycles. The fraction of sp³-hybridized carbons (Fsp3) is 0.300. The number of nitrogens with two attached hydrogens (primary N) is 1. The van der Waals surface area contributed by atoms with E-state index in [1.54, 1.807) is 0 Å². The van der Waals surface area contributed by atoms with Crippen LogP contribution in [0.15, 0.2) is 35.7 Å². The molecule has 1 aromatic carbocycles. The Balaban J connectivity index is 1.75. The number of halogens is 1. The highest BCUT2D eigenvalue weighted by Gasteiger charge is 2.23. The van der Waals surface area contributed by atoms with Crippen molar-refractivity contribution in [2.75, 3.05) is 6.61 Å². The second-order valence-corrected chi connectivity index (χ2v) is 7.92. The Kier molecular flexibility index (Phi) is 5.04. The first-order valence-corrected chi connectivity index (χ1v) is 10.1. The highest BCUT2D eigenvalue weighted by atomic mass is 35.5. The molecule has 0 saturated carbocycles. The van der Waals surface area contributed by atoms with E-state index in [0.717, 1.165) is 47.1 Å². The van der Waals surface area contributed by atoms with Gasteiger partial charge in [0, 0.05) is 29.8 Å². The highest BCUT2D eigenvalue weighted by Crippen LogP contribution is 2.34. The van der Waals surface area contributed by atoms with Crippen LogP contribution in [0.1, 0.15) is 28.9 Å². The Labute approximate surface area is 166 Å². The van der Waals surface area contributed by atoms with Crippen LogP contribution in [0.3, 0.4) is 0 Å². The molecule has 1 atom stereocenters. The lowest BCUT2D eigenvalue weighted by molar-refractivity contribution is 0.0961. The van der Waals surface area contributed by atoms with Gasteiger partial charge in [-0.3, -0.25) is 4.79 Å². The number of thiazole rings is 1. The Morgan fingerprint density at radius 3 is 2.96 bits per heavy atom. The first kappa shape index (κ1) is 18.2. The van der Waals surface area contributed by atoms with E-state index in [1.165, 1.54) is 11.3 Å². The molecule has 0 radical (unpaired) electrons. The molecule has 1 amide bonds. The smallest absolute Gasteiger partial charge is 0.250 e. The molecular formula is C20H20ClN3O2S. The summed E-state index contributed by atoms with van der Waals surface area (Å²) in [4.78, 5) is 16.7. The molecule has 2 N–H and O–H groups in total. The molecule has 4 rings (SSSR count). The van der Waals surface area contributed by atoms with Crippen LogP contribution in [0.5, 0.6) is 0 Å². The molecule has 0 aliphatic carbocycles. The summed E-state index contributed by atoms with van der Waals surface area (Å²) in [6, 6.07) is 9.48. The summed E-state index contributed by atoms with van der Waals surface area (Å²) in [5.74, 6) is -0.429. The van der Waals surface area contributed by atoms with Gasteiger partial charge in [0.2, 0.25) is 0 Å². The second-order valence-electron chi connectivity index (χ2n) is 6.66. The lowest BCUT2D eigenvalue weighted by atomic mass is 10.2. The molecular weight excluding hydrogens is 382 g/mol. The van der Waals surface area contributed by atoms with Crippen molar-refractivity contribution < 1.29 is 9.53 Å². The molecule has 1 aliphatic rings. The average Bonchev–Trinajstić information content (AvgIpc) is 3.37. The topological polar surface area (TPSA) is 70.1 Å². The Hall–Kier alpha value is -2.15. The Bertz CT molecular complexity index is 989. The van der Waals surface area contributed by atoms with E-state index >= 15 is 0 Å². The summed E-state index contributed by atoms with van der Waals surface area (Å²) >= 11 is 7.84. The standard InChI is InChI=1S/C20H20ClN3O2S/c1-12-15(19(22)25)9-18(24(12)10-13-5-4-8-26-13)17-11-27-20(23-17)14-6-2-3-7-16(14)21/h2-3,6-7,9,11,13H,4-5,8,10H2,1H3,(H2,22,25). The molecule has 3 aromatic rings. The maximum Gasteiger partial charge on any atom is 0.250 e. The number of aromatic nitrogens is 2. The predicted octanol–water partition coefficient (Wildman–Crippen LogP) is 4.52. The third-order valence-corrected chi connectivity index (χ3v) is 6.12. The predicted molar refractivity (Wildman–Crippen MR) is 108 cm³/mol. The van der Waals surface area contributed by atoms with Gasteiger partial charge in [0.15, 0.2) is 0 Å². The number of primary amides is 1. The van der Waals surface area contributed by atoms with Crippen LogP contribution in [0.2, 0.25) is 5.02 Å².